The summed E-state index contributed by atoms with van der Waals surface area (Å²) in [4.78, 5) is 35.6. The van der Waals surface area contributed by atoms with Crippen molar-refractivity contribution in [3.8, 4) is 0 Å². The summed E-state index contributed by atoms with van der Waals surface area (Å²) in [6, 6.07) is 6.16. The Kier molecular flexibility index (Phi) is 4.55. The van der Waals surface area contributed by atoms with Crippen LogP contribution in [0.25, 0.3) is 0 Å². The fourth-order valence-corrected chi connectivity index (χ4v) is 3.47. The lowest BCUT2D eigenvalue weighted by atomic mass is 10.3. The van der Waals surface area contributed by atoms with Crippen molar-refractivity contribution in [2.45, 2.75) is 5.40 Å². The highest BCUT2D eigenvalue weighted by Crippen LogP contribution is 2.59. The van der Waals surface area contributed by atoms with Crippen molar-refractivity contribution in [2.24, 2.45) is 0 Å². The first kappa shape index (κ1) is 15.2. The molecule has 1 aromatic carbocycles. The van der Waals surface area contributed by atoms with Crippen molar-refractivity contribution in [3.63, 3.8) is 0 Å². The van der Waals surface area contributed by atoms with Gasteiger partial charge in [-0.05, 0) is 24.3 Å². The summed E-state index contributed by atoms with van der Waals surface area (Å²) in [6.07, 6.45) is 0. The van der Waals surface area contributed by atoms with Crippen molar-refractivity contribution in [1.82, 2.24) is 0 Å². The molecule has 1 aromatic rings. The number of nitrogens with one attached hydrogen (secondary N) is 1. The fraction of sp³-hybridized carbons (Fsp3) is 0.250. The highest BCUT2D eigenvalue weighted by molar-refractivity contribution is 7.70. The molecule has 8 nitrogen and oxygen atoms in total. The van der Waals surface area contributed by atoms with Gasteiger partial charge in [0.2, 0.25) is 0 Å². The Morgan fingerprint density at radius 1 is 1.06 bits per heavy atom. The molecule has 0 bridgehead atoms. The maximum Gasteiger partial charge on any atom is 0.342 e. The van der Waals surface area contributed by atoms with Crippen molar-refractivity contribution in [3.05, 3.63) is 24.3 Å². The number of hydrogen-bond donors (Lipinski definition) is 6. The molecule has 0 spiro atoms. The van der Waals surface area contributed by atoms with Gasteiger partial charge in [0.15, 0.2) is 5.40 Å². The Morgan fingerprint density at radius 3 is 1.89 bits per heavy atom. The van der Waals surface area contributed by atoms with E-state index in [1.807, 2.05) is 0 Å². The Morgan fingerprint density at radius 2 is 1.50 bits per heavy atom. The van der Waals surface area contributed by atoms with Crippen LogP contribution < -0.4 is 11.1 Å². The number of rotatable bonds is 5. The normalized spacial score (nSPS) is 12.7. The van der Waals surface area contributed by atoms with E-state index in [4.69, 9.17) is 25.3 Å². The minimum atomic E-state index is -4.89. The van der Waals surface area contributed by atoms with Crippen LogP contribution in [0.4, 0.5) is 11.4 Å². The van der Waals surface area contributed by atoms with E-state index in [0.717, 1.165) is 0 Å². The molecule has 0 aliphatic carbocycles. The lowest BCUT2D eigenvalue weighted by molar-refractivity contribution is 0.340. The van der Waals surface area contributed by atoms with Gasteiger partial charge in [0.05, 0.1) is 0 Å². The lowest BCUT2D eigenvalue weighted by Gasteiger charge is -2.20. The molecule has 102 valence electrons. The Hall–Kier alpha value is -0.880. The molecule has 18 heavy (non-hydrogen) atoms. The van der Waals surface area contributed by atoms with Crippen LogP contribution in [-0.4, -0.2) is 31.5 Å². The minimum Gasteiger partial charge on any atom is -0.399 e. The molecule has 0 radical (unpaired) electrons. The first-order chi connectivity index (χ1) is 8.10. The summed E-state index contributed by atoms with van der Waals surface area (Å²) >= 11 is 0. The standard InChI is InChI=1S/C8H14N2O6P2/c9-6-1-3-7(4-2-6)10-5-8(17(11,12)13)18(14,15)16/h1-4,8,10H,5,9H2,(H2,11,12,13)(H2,14,15,16). The molecule has 10 heteroatoms. The average molecular weight is 296 g/mol. The van der Waals surface area contributed by atoms with Crippen molar-refractivity contribution >= 4 is 26.6 Å². The molecule has 0 fully saturated rings. The van der Waals surface area contributed by atoms with Gasteiger partial charge >= 0.3 is 15.2 Å². The number of nitrogen functional groups attached to an aromatic ring is 1. The lowest BCUT2D eigenvalue weighted by Crippen LogP contribution is -2.20. The van der Waals surface area contributed by atoms with Gasteiger partial charge in [-0.3, -0.25) is 9.13 Å². The summed E-state index contributed by atoms with van der Waals surface area (Å²) in [7, 11) is -9.79. The van der Waals surface area contributed by atoms with Gasteiger partial charge in [0, 0.05) is 17.9 Å². The Bertz CT molecular complexity index is 471. The van der Waals surface area contributed by atoms with Gasteiger partial charge in [-0.2, -0.15) is 0 Å². The highest BCUT2D eigenvalue weighted by Gasteiger charge is 2.43. The molecular weight excluding hydrogens is 282 g/mol. The second kappa shape index (κ2) is 5.40. The molecular formula is C8H14N2O6P2. The maximum atomic E-state index is 11.0. The largest absolute Gasteiger partial charge is 0.399 e. The predicted octanol–water partition coefficient (Wildman–Crippen LogP) is 0.362. The van der Waals surface area contributed by atoms with E-state index in [2.05, 4.69) is 5.32 Å². The summed E-state index contributed by atoms with van der Waals surface area (Å²) in [5.41, 5.74) is 6.40. The number of anilines is 2. The molecule has 0 amide bonds. The second-order valence-electron chi connectivity index (χ2n) is 3.66. The SMILES string of the molecule is Nc1ccc(NCC(P(=O)(O)O)P(=O)(O)O)cc1. The summed E-state index contributed by atoms with van der Waals surface area (Å²) < 4.78 is 22.0. The molecule has 0 aliphatic heterocycles. The zero-order valence-corrected chi connectivity index (χ0v) is 11.0. The zero-order valence-electron chi connectivity index (χ0n) is 9.17. The third kappa shape index (κ3) is 4.42. The number of nitrogens with two attached hydrogens (primary N) is 1. The van der Waals surface area contributed by atoms with Crippen molar-refractivity contribution in [1.29, 1.82) is 0 Å². The van der Waals surface area contributed by atoms with Gasteiger partial charge in [-0.15, -0.1) is 0 Å². The molecule has 0 atom stereocenters. The van der Waals surface area contributed by atoms with Gasteiger partial charge in [0.25, 0.3) is 0 Å². The van der Waals surface area contributed by atoms with E-state index in [1.165, 1.54) is 12.1 Å². The highest BCUT2D eigenvalue weighted by atomic mass is 31.2. The van der Waals surface area contributed by atoms with Crippen molar-refractivity contribution in [2.75, 3.05) is 17.6 Å². The number of hydrogen-bond acceptors (Lipinski definition) is 4. The van der Waals surface area contributed by atoms with E-state index in [9.17, 15) is 9.13 Å². The van der Waals surface area contributed by atoms with E-state index < -0.39 is 27.1 Å². The molecule has 7 N–H and O–H groups in total. The average Bonchev–Trinajstić information content (AvgIpc) is 2.17. The second-order valence-corrected chi connectivity index (χ2v) is 7.67. The van der Waals surface area contributed by atoms with Crippen molar-refractivity contribution < 1.29 is 28.7 Å². The molecule has 0 aromatic heterocycles. The molecule has 0 saturated carbocycles. The predicted molar refractivity (Wildman–Crippen MR) is 67.2 cm³/mol. The first-order valence-corrected chi connectivity index (χ1v) is 8.17. The number of benzene rings is 1. The van der Waals surface area contributed by atoms with E-state index in [-0.39, 0.29) is 0 Å². The van der Waals surface area contributed by atoms with Gasteiger partial charge in [-0.1, -0.05) is 0 Å². The van der Waals surface area contributed by atoms with Crippen LogP contribution in [0.1, 0.15) is 0 Å². The van der Waals surface area contributed by atoms with Crippen LogP contribution in [0, 0.1) is 0 Å². The molecule has 0 aliphatic rings. The van der Waals surface area contributed by atoms with E-state index in [1.54, 1.807) is 12.1 Å². The molecule has 0 saturated heterocycles. The topological polar surface area (TPSA) is 153 Å². The van der Waals surface area contributed by atoms with Crippen LogP contribution in [0.5, 0.6) is 0 Å². The first-order valence-electron chi connectivity index (χ1n) is 4.80. The summed E-state index contributed by atoms with van der Waals surface area (Å²) in [5, 5.41) is 0.478. The third-order valence-electron chi connectivity index (χ3n) is 2.18. The quantitative estimate of drug-likeness (QED) is 0.336. The van der Waals surface area contributed by atoms with E-state index >= 15 is 0 Å². The van der Waals surface area contributed by atoms with Crippen LogP contribution in [0.15, 0.2) is 24.3 Å². The zero-order chi connectivity index (χ0) is 14.0. The van der Waals surface area contributed by atoms with Crippen LogP contribution >= 0.6 is 15.2 Å². The summed E-state index contributed by atoms with van der Waals surface area (Å²) in [5.74, 6) is 0. The van der Waals surface area contributed by atoms with Gasteiger partial charge < -0.3 is 30.6 Å². The van der Waals surface area contributed by atoms with Gasteiger partial charge in [0.1, 0.15) is 0 Å². The van der Waals surface area contributed by atoms with Crippen LogP contribution in [0.2, 0.25) is 0 Å². The maximum absolute atomic E-state index is 11.0. The molecule has 1 rings (SSSR count). The molecule has 0 heterocycles. The molecule has 0 unspecified atom stereocenters. The fourth-order valence-electron chi connectivity index (χ4n) is 1.24. The van der Waals surface area contributed by atoms with E-state index in [0.29, 0.717) is 11.4 Å². The van der Waals surface area contributed by atoms with Crippen LogP contribution in [-0.2, 0) is 9.13 Å². The Balaban J connectivity index is 2.78. The van der Waals surface area contributed by atoms with Crippen LogP contribution in [0.3, 0.4) is 0 Å². The minimum absolute atomic E-state index is 0.455. The third-order valence-corrected chi connectivity index (χ3v) is 5.90. The smallest absolute Gasteiger partial charge is 0.342 e. The Labute approximate surface area is 103 Å². The summed E-state index contributed by atoms with van der Waals surface area (Å²) in [6.45, 7) is -0.543. The van der Waals surface area contributed by atoms with Gasteiger partial charge in [-0.25, -0.2) is 0 Å². The monoisotopic (exact) mass is 296 g/mol.